The van der Waals surface area contributed by atoms with E-state index in [0.29, 0.717) is 4.67 Å². The quantitative estimate of drug-likeness (QED) is 0.733. The molecule has 0 unspecified atom stereocenters. The lowest BCUT2D eigenvalue weighted by molar-refractivity contribution is 0.0995. The molecule has 0 aliphatic carbocycles. The van der Waals surface area contributed by atoms with Crippen molar-refractivity contribution in [1.29, 1.82) is 0 Å². The molecule has 3 nitrogen and oxygen atoms in total. The van der Waals surface area contributed by atoms with Crippen LogP contribution in [0, 0.1) is 0 Å². The second kappa shape index (κ2) is 6.60. The van der Waals surface area contributed by atoms with Crippen molar-refractivity contribution in [3.8, 4) is 0 Å². The van der Waals surface area contributed by atoms with Gasteiger partial charge >= 0.3 is 0 Å². The van der Waals surface area contributed by atoms with Crippen LogP contribution >= 0.6 is 39.3 Å². The fraction of sp³-hybridized carbons (Fsp3) is 0.0833. The SMILES string of the molecule is O=C(Nc1cccc(Cl)c1SC(F)F)c1ccc(Br)o1. The summed E-state index contributed by atoms with van der Waals surface area (Å²) in [4.78, 5) is 12.0. The number of rotatable bonds is 4. The van der Waals surface area contributed by atoms with E-state index in [-0.39, 0.29) is 33.1 Å². The lowest BCUT2D eigenvalue weighted by Crippen LogP contribution is -2.11. The van der Waals surface area contributed by atoms with Gasteiger partial charge in [-0.1, -0.05) is 29.4 Å². The van der Waals surface area contributed by atoms with E-state index in [0.717, 1.165) is 0 Å². The van der Waals surface area contributed by atoms with Gasteiger partial charge in [-0.2, -0.15) is 8.78 Å². The Balaban J connectivity index is 2.24. The predicted octanol–water partition coefficient (Wildman–Crippen LogP) is 5.26. The van der Waals surface area contributed by atoms with Crippen LogP contribution in [0.2, 0.25) is 5.02 Å². The first-order valence-corrected chi connectivity index (χ1v) is 7.32. The molecule has 8 heteroatoms. The first-order chi connectivity index (χ1) is 9.47. The minimum absolute atomic E-state index is 0.0600. The zero-order chi connectivity index (χ0) is 14.7. The van der Waals surface area contributed by atoms with Crippen molar-refractivity contribution in [2.45, 2.75) is 10.7 Å². The van der Waals surface area contributed by atoms with Crippen molar-refractivity contribution < 1.29 is 18.0 Å². The van der Waals surface area contributed by atoms with E-state index in [1.54, 1.807) is 12.1 Å². The summed E-state index contributed by atoms with van der Waals surface area (Å²) < 4.78 is 30.5. The Morgan fingerprint density at radius 2 is 2.10 bits per heavy atom. The Kier molecular flexibility index (Phi) is 5.06. The minimum atomic E-state index is -2.64. The highest BCUT2D eigenvalue weighted by molar-refractivity contribution is 9.10. The monoisotopic (exact) mass is 381 g/mol. The van der Waals surface area contributed by atoms with Gasteiger partial charge in [-0.05, 0) is 40.2 Å². The highest BCUT2D eigenvalue weighted by Crippen LogP contribution is 2.37. The molecule has 1 aromatic heterocycles. The number of nitrogens with one attached hydrogen (secondary N) is 1. The maximum atomic E-state index is 12.5. The molecular weight excluding hydrogens is 376 g/mol. The molecule has 20 heavy (non-hydrogen) atoms. The summed E-state index contributed by atoms with van der Waals surface area (Å²) in [6, 6.07) is 7.55. The predicted molar refractivity (Wildman–Crippen MR) is 77.7 cm³/mol. The minimum Gasteiger partial charge on any atom is -0.444 e. The molecule has 0 aliphatic heterocycles. The molecule has 1 amide bonds. The smallest absolute Gasteiger partial charge is 0.291 e. The first kappa shape index (κ1) is 15.3. The third-order valence-electron chi connectivity index (χ3n) is 2.22. The van der Waals surface area contributed by atoms with Gasteiger partial charge in [-0.15, -0.1) is 0 Å². The normalized spacial score (nSPS) is 10.8. The average Bonchev–Trinajstić information content (AvgIpc) is 2.80. The summed E-state index contributed by atoms with van der Waals surface area (Å²) >= 11 is 9.22. The fourth-order valence-electron chi connectivity index (χ4n) is 1.44. The van der Waals surface area contributed by atoms with Gasteiger partial charge < -0.3 is 9.73 Å². The molecule has 0 saturated heterocycles. The van der Waals surface area contributed by atoms with E-state index >= 15 is 0 Å². The molecule has 2 rings (SSSR count). The van der Waals surface area contributed by atoms with E-state index < -0.39 is 11.7 Å². The fourth-order valence-corrected chi connectivity index (χ4v) is 2.66. The Labute approximate surface area is 130 Å². The molecule has 0 aliphatic rings. The number of alkyl halides is 2. The Bertz CT molecular complexity index is 636. The van der Waals surface area contributed by atoms with Gasteiger partial charge in [0.25, 0.3) is 11.7 Å². The van der Waals surface area contributed by atoms with Crippen molar-refractivity contribution in [2.75, 3.05) is 5.32 Å². The van der Waals surface area contributed by atoms with Crippen LogP contribution in [-0.2, 0) is 0 Å². The van der Waals surface area contributed by atoms with Gasteiger partial charge in [0, 0.05) is 0 Å². The van der Waals surface area contributed by atoms with E-state index in [4.69, 9.17) is 16.0 Å². The second-order valence-corrected chi connectivity index (χ2v) is 5.74. The van der Waals surface area contributed by atoms with Crippen LogP contribution in [0.15, 0.2) is 44.3 Å². The van der Waals surface area contributed by atoms with Crippen LogP contribution in [0.5, 0.6) is 0 Å². The molecule has 1 N–H and O–H groups in total. The maximum Gasteiger partial charge on any atom is 0.291 e. The van der Waals surface area contributed by atoms with E-state index in [9.17, 15) is 13.6 Å². The van der Waals surface area contributed by atoms with E-state index in [1.807, 2.05) is 0 Å². The molecule has 0 fully saturated rings. The van der Waals surface area contributed by atoms with Gasteiger partial charge in [0.1, 0.15) is 0 Å². The topological polar surface area (TPSA) is 42.2 Å². The number of hydrogen-bond donors (Lipinski definition) is 1. The number of thioether (sulfide) groups is 1. The molecule has 0 radical (unpaired) electrons. The molecule has 0 bridgehead atoms. The summed E-state index contributed by atoms with van der Waals surface area (Å²) in [6.07, 6.45) is 0. The maximum absolute atomic E-state index is 12.5. The standard InChI is InChI=1S/C12H7BrClF2NO2S/c13-9-5-4-8(19-9)11(18)17-7-3-1-2-6(14)10(7)20-12(15)16/h1-5,12H,(H,17,18). The highest BCUT2D eigenvalue weighted by Gasteiger charge is 2.17. The van der Waals surface area contributed by atoms with Crippen LogP contribution in [0.25, 0.3) is 0 Å². The Hall–Kier alpha value is -1.05. The second-order valence-electron chi connectivity index (χ2n) is 3.55. The number of hydrogen-bond acceptors (Lipinski definition) is 3. The summed E-state index contributed by atoms with van der Waals surface area (Å²) in [5, 5.41) is 2.64. The summed E-state index contributed by atoms with van der Waals surface area (Å²) in [7, 11) is 0. The summed E-state index contributed by atoms with van der Waals surface area (Å²) in [6.45, 7) is 0. The van der Waals surface area contributed by atoms with Gasteiger partial charge in [0.15, 0.2) is 10.4 Å². The number of amides is 1. The lowest BCUT2D eigenvalue weighted by Gasteiger charge is -2.11. The summed E-state index contributed by atoms with van der Waals surface area (Å²) in [5.41, 5.74) is 0.209. The number of halogens is 4. The third-order valence-corrected chi connectivity index (χ3v) is 3.93. The first-order valence-electron chi connectivity index (χ1n) is 5.27. The van der Waals surface area contributed by atoms with Crippen LogP contribution < -0.4 is 5.32 Å². The molecule has 1 aromatic carbocycles. The molecule has 1 heterocycles. The third kappa shape index (κ3) is 3.74. The molecule has 0 saturated carbocycles. The van der Waals surface area contributed by atoms with Gasteiger partial charge in [-0.25, -0.2) is 0 Å². The largest absolute Gasteiger partial charge is 0.444 e. The van der Waals surface area contributed by atoms with Crippen molar-refractivity contribution in [1.82, 2.24) is 0 Å². The van der Waals surface area contributed by atoms with E-state index in [1.165, 1.54) is 18.2 Å². The average molecular weight is 383 g/mol. The Morgan fingerprint density at radius 3 is 2.70 bits per heavy atom. The van der Waals surface area contributed by atoms with Crippen LogP contribution in [0.1, 0.15) is 10.6 Å². The molecule has 2 aromatic rings. The number of carbonyl (C=O) groups excluding carboxylic acids is 1. The van der Waals surface area contributed by atoms with Gasteiger partial charge in [-0.3, -0.25) is 4.79 Å². The van der Waals surface area contributed by atoms with Crippen molar-refractivity contribution in [3.05, 3.63) is 45.8 Å². The number of benzene rings is 1. The molecule has 0 spiro atoms. The zero-order valence-corrected chi connectivity index (χ0v) is 12.9. The van der Waals surface area contributed by atoms with Crippen molar-refractivity contribution in [3.63, 3.8) is 0 Å². The zero-order valence-electron chi connectivity index (χ0n) is 9.70. The number of furan rings is 1. The molecule has 0 atom stereocenters. The number of carbonyl (C=O) groups is 1. The van der Waals surface area contributed by atoms with Crippen LogP contribution in [0.3, 0.4) is 0 Å². The van der Waals surface area contributed by atoms with Crippen LogP contribution in [-0.4, -0.2) is 11.7 Å². The van der Waals surface area contributed by atoms with Gasteiger partial charge in [0.05, 0.1) is 15.6 Å². The van der Waals surface area contributed by atoms with Crippen molar-refractivity contribution in [2.24, 2.45) is 0 Å². The molecule has 106 valence electrons. The molecular formula is C12H7BrClF2NO2S. The van der Waals surface area contributed by atoms with E-state index in [2.05, 4.69) is 21.2 Å². The lowest BCUT2D eigenvalue weighted by atomic mass is 10.3. The Morgan fingerprint density at radius 1 is 1.35 bits per heavy atom. The summed E-state index contributed by atoms with van der Waals surface area (Å²) in [5.74, 6) is -3.12. The van der Waals surface area contributed by atoms with Crippen LogP contribution in [0.4, 0.5) is 14.5 Å². The van der Waals surface area contributed by atoms with Crippen molar-refractivity contribution >= 4 is 50.9 Å². The van der Waals surface area contributed by atoms with Gasteiger partial charge in [0.2, 0.25) is 0 Å². The highest BCUT2D eigenvalue weighted by atomic mass is 79.9. The number of anilines is 1.